The maximum Gasteiger partial charge on any atom is 0.271 e. The summed E-state index contributed by atoms with van der Waals surface area (Å²) in [4.78, 5) is 35.2. The largest absolute Gasteiger partial charge is 0.337 e. The molecule has 5 rings (SSSR count). The first-order valence-electron chi connectivity index (χ1n) is 9.34. The van der Waals surface area contributed by atoms with Crippen molar-refractivity contribution in [1.29, 1.82) is 0 Å². The fourth-order valence-electron chi connectivity index (χ4n) is 4.27. The average Bonchev–Trinajstić information content (AvgIpc) is 3.44. The van der Waals surface area contributed by atoms with Crippen molar-refractivity contribution in [2.75, 3.05) is 13.1 Å². The lowest BCUT2D eigenvalue weighted by Gasteiger charge is -2.37. The standard InChI is InChI=1S/C21H20N4O2S/c1-14-7-10-28-19(14)21(27)23-12-17-18(13-23)25(11-15-5-2-3-8-22-15)20(26)16-6-4-9-24(16)17/h2-10,17-18H,11-13H2,1H3/t17-,18+/m1/s1. The minimum absolute atomic E-state index is 0.00138. The summed E-state index contributed by atoms with van der Waals surface area (Å²) in [6.45, 7) is 3.56. The summed E-state index contributed by atoms with van der Waals surface area (Å²) in [6.07, 6.45) is 3.70. The van der Waals surface area contributed by atoms with Gasteiger partial charge < -0.3 is 14.4 Å². The summed E-state index contributed by atoms with van der Waals surface area (Å²) in [5.41, 5.74) is 2.54. The van der Waals surface area contributed by atoms with E-state index in [1.54, 1.807) is 6.20 Å². The van der Waals surface area contributed by atoms with Crippen molar-refractivity contribution in [3.63, 3.8) is 0 Å². The van der Waals surface area contributed by atoms with Gasteiger partial charge in [-0.25, -0.2) is 0 Å². The maximum absolute atomic E-state index is 13.2. The van der Waals surface area contributed by atoms with E-state index in [0.717, 1.165) is 16.1 Å². The zero-order chi connectivity index (χ0) is 19.3. The van der Waals surface area contributed by atoms with Crippen LogP contribution >= 0.6 is 11.3 Å². The van der Waals surface area contributed by atoms with Crippen molar-refractivity contribution in [3.8, 4) is 0 Å². The Hall–Kier alpha value is -2.93. The zero-order valence-corrected chi connectivity index (χ0v) is 16.3. The molecule has 28 heavy (non-hydrogen) atoms. The van der Waals surface area contributed by atoms with Crippen LogP contribution in [0.1, 0.15) is 37.5 Å². The summed E-state index contributed by atoms with van der Waals surface area (Å²) >= 11 is 1.48. The van der Waals surface area contributed by atoms with Gasteiger partial charge in [0.2, 0.25) is 0 Å². The number of hydrogen-bond donors (Lipinski definition) is 0. The number of rotatable bonds is 3. The second kappa shape index (κ2) is 6.60. The van der Waals surface area contributed by atoms with Crippen LogP contribution in [-0.2, 0) is 6.54 Å². The van der Waals surface area contributed by atoms with Crippen LogP contribution in [-0.4, -0.2) is 50.3 Å². The van der Waals surface area contributed by atoms with Gasteiger partial charge >= 0.3 is 0 Å². The van der Waals surface area contributed by atoms with E-state index >= 15 is 0 Å². The number of aromatic nitrogens is 2. The van der Waals surface area contributed by atoms with E-state index in [-0.39, 0.29) is 23.9 Å². The molecule has 0 N–H and O–H groups in total. The lowest BCUT2D eigenvalue weighted by Crippen LogP contribution is -2.50. The molecule has 142 valence electrons. The number of aryl methyl sites for hydroxylation is 1. The van der Waals surface area contributed by atoms with Crippen LogP contribution in [0.25, 0.3) is 0 Å². The lowest BCUT2D eigenvalue weighted by molar-refractivity contribution is 0.0547. The third-order valence-electron chi connectivity index (χ3n) is 5.68. The van der Waals surface area contributed by atoms with Gasteiger partial charge in [0.25, 0.3) is 11.8 Å². The third-order valence-corrected chi connectivity index (χ3v) is 6.68. The Morgan fingerprint density at radius 1 is 1.18 bits per heavy atom. The molecule has 3 aromatic rings. The maximum atomic E-state index is 13.2. The highest BCUT2D eigenvalue weighted by molar-refractivity contribution is 7.12. The molecule has 2 atom stereocenters. The molecule has 0 unspecified atom stereocenters. The molecule has 0 aromatic carbocycles. The van der Waals surface area contributed by atoms with Crippen LogP contribution in [0.15, 0.2) is 54.2 Å². The van der Waals surface area contributed by atoms with Crippen LogP contribution in [0.4, 0.5) is 0 Å². The molecule has 2 aliphatic heterocycles. The zero-order valence-electron chi connectivity index (χ0n) is 15.5. The van der Waals surface area contributed by atoms with Crippen molar-refractivity contribution in [3.05, 3.63) is 76.0 Å². The second-order valence-electron chi connectivity index (χ2n) is 7.33. The molecule has 0 radical (unpaired) electrons. The third kappa shape index (κ3) is 2.65. The van der Waals surface area contributed by atoms with E-state index in [4.69, 9.17) is 0 Å². The Morgan fingerprint density at radius 3 is 2.79 bits per heavy atom. The van der Waals surface area contributed by atoms with Crippen LogP contribution < -0.4 is 0 Å². The van der Waals surface area contributed by atoms with Gasteiger partial charge in [0.1, 0.15) is 5.69 Å². The topological polar surface area (TPSA) is 58.4 Å². The van der Waals surface area contributed by atoms with E-state index in [2.05, 4.69) is 4.98 Å². The highest BCUT2D eigenvalue weighted by Crippen LogP contribution is 2.35. The first kappa shape index (κ1) is 17.2. The Kier molecular flexibility index (Phi) is 4.05. The second-order valence-corrected chi connectivity index (χ2v) is 8.25. The van der Waals surface area contributed by atoms with Crippen molar-refractivity contribution < 1.29 is 9.59 Å². The molecule has 7 heteroatoms. The van der Waals surface area contributed by atoms with E-state index in [9.17, 15) is 9.59 Å². The normalized spacial score (nSPS) is 21.0. The summed E-state index contributed by atoms with van der Waals surface area (Å²) in [5, 5.41) is 1.95. The van der Waals surface area contributed by atoms with E-state index in [1.807, 2.05) is 69.3 Å². The van der Waals surface area contributed by atoms with Gasteiger partial charge in [-0.05, 0) is 48.2 Å². The fourth-order valence-corrected chi connectivity index (χ4v) is 5.16. The van der Waals surface area contributed by atoms with Crippen molar-refractivity contribution >= 4 is 23.2 Å². The molecule has 0 bridgehead atoms. The first-order valence-corrected chi connectivity index (χ1v) is 10.2. The SMILES string of the molecule is Cc1ccsc1C(=O)N1C[C@@H]2[C@H](C1)N(Cc1ccccn1)C(=O)c1cccn12. The summed E-state index contributed by atoms with van der Waals surface area (Å²) in [7, 11) is 0. The van der Waals surface area contributed by atoms with Crippen LogP contribution in [0.3, 0.4) is 0 Å². The van der Waals surface area contributed by atoms with Gasteiger partial charge in [0.05, 0.1) is 29.2 Å². The Bertz CT molecular complexity index is 1040. The number of carbonyl (C=O) groups excluding carboxylic acids is 2. The molecule has 2 amide bonds. The fraction of sp³-hybridized carbons (Fsp3) is 0.286. The quantitative estimate of drug-likeness (QED) is 0.689. The predicted octanol–water partition coefficient (Wildman–Crippen LogP) is 2.97. The molecule has 0 spiro atoms. The van der Waals surface area contributed by atoms with Gasteiger partial charge in [-0.1, -0.05) is 6.07 Å². The number of likely N-dealkylation sites (tertiary alicyclic amines) is 1. The number of amides is 2. The van der Waals surface area contributed by atoms with Gasteiger partial charge in [-0.2, -0.15) is 0 Å². The smallest absolute Gasteiger partial charge is 0.271 e. The molecular formula is C21H20N4O2S. The molecule has 6 nitrogen and oxygen atoms in total. The number of pyridine rings is 1. The minimum atomic E-state index is -0.0568. The van der Waals surface area contributed by atoms with Crippen molar-refractivity contribution in [2.45, 2.75) is 25.6 Å². The average molecular weight is 392 g/mol. The predicted molar refractivity (Wildman–Crippen MR) is 106 cm³/mol. The van der Waals surface area contributed by atoms with Crippen molar-refractivity contribution in [1.82, 2.24) is 19.4 Å². The van der Waals surface area contributed by atoms with Gasteiger partial charge in [-0.15, -0.1) is 11.3 Å². The molecule has 2 aliphatic rings. The number of hydrogen-bond acceptors (Lipinski definition) is 4. The van der Waals surface area contributed by atoms with Gasteiger partial charge in [0.15, 0.2) is 0 Å². The minimum Gasteiger partial charge on any atom is -0.337 e. The molecule has 1 saturated heterocycles. The van der Waals surface area contributed by atoms with E-state index < -0.39 is 0 Å². The number of nitrogens with zero attached hydrogens (tertiary/aromatic N) is 4. The Morgan fingerprint density at radius 2 is 2.04 bits per heavy atom. The lowest BCUT2D eigenvalue weighted by atomic mass is 10.1. The van der Waals surface area contributed by atoms with Gasteiger partial charge in [-0.3, -0.25) is 14.6 Å². The summed E-state index contributed by atoms with van der Waals surface area (Å²) < 4.78 is 2.04. The summed E-state index contributed by atoms with van der Waals surface area (Å²) in [6, 6.07) is 11.5. The van der Waals surface area contributed by atoms with Crippen molar-refractivity contribution in [2.24, 2.45) is 0 Å². The summed E-state index contributed by atoms with van der Waals surface area (Å²) in [5.74, 6) is 0.0550. The molecular weight excluding hydrogens is 372 g/mol. The van der Waals surface area contributed by atoms with E-state index in [1.165, 1.54) is 11.3 Å². The molecule has 0 saturated carbocycles. The molecule has 5 heterocycles. The van der Waals surface area contributed by atoms with Gasteiger partial charge in [0, 0.05) is 25.5 Å². The molecule has 1 fully saturated rings. The van der Waals surface area contributed by atoms with Crippen LogP contribution in [0.2, 0.25) is 0 Å². The van der Waals surface area contributed by atoms with Crippen LogP contribution in [0.5, 0.6) is 0 Å². The first-order chi connectivity index (χ1) is 13.6. The Balaban J connectivity index is 1.48. The number of fused-ring (bicyclic) bond motifs is 3. The number of thiophene rings is 1. The van der Waals surface area contributed by atoms with Crippen LogP contribution in [0, 0.1) is 6.92 Å². The molecule has 0 aliphatic carbocycles. The highest BCUT2D eigenvalue weighted by Gasteiger charge is 2.46. The highest BCUT2D eigenvalue weighted by atomic mass is 32.1. The molecule has 3 aromatic heterocycles. The number of carbonyl (C=O) groups is 2. The Labute approximate surface area is 167 Å². The van der Waals surface area contributed by atoms with E-state index in [0.29, 0.717) is 25.3 Å². The monoisotopic (exact) mass is 392 g/mol.